The van der Waals surface area contributed by atoms with Crippen LogP contribution in [0.5, 0.6) is 0 Å². The van der Waals surface area contributed by atoms with Crippen molar-refractivity contribution in [3.05, 3.63) is 63.7 Å². The number of aromatic nitrogens is 3. The maximum Gasteiger partial charge on any atom is 0.291 e. The first-order valence-corrected chi connectivity index (χ1v) is 9.02. The Morgan fingerprint density at radius 2 is 2.16 bits per heavy atom. The third kappa shape index (κ3) is 3.26. The number of benzene rings is 1. The van der Waals surface area contributed by atoms with Crippen LogP contribution < -0.4 is 5.43 Å². The minimum absolute atomic E-state index is 0.288. The van der Waals surface area contributed by atoms with Crippen molar-refractivity contribution >= 4 is 50.3 Å². The van der Waals surface area contributed by atoms with Gasteiger partial charge < -0.3 is 4.98 Å². The number of thiophene rings is 1. The lowest BCUT2D eigenvalue weighted by Crippen LogP contribution is -2.17. The van der Waals surface area contributed by atoms with Crippen molar-refractivity contribution in [2.24, 2.45) is 5.10 Å². The average molecular weight is 414 g/mol. The number of hydrogen-bond acceptors (Lipinski definition) is 4. The Balaban J connectivity index is 1.46. The second-order valence-corrected chi connectivity index (χ2v) is 7.72. The molecule has 0 atom stereocenters. The highest BCUT2D eigenvalue weighted by atomic mass is 79.9. The normalized spacial score (nSPS) is 11.4. The fraction of sp³-hybridized carbons (Fsp3) is 0. The number of nitrogens with zero attached hydrogens (tertiary/aromatic N) is 2. The van der Waals surface area contributed by atoms with E-state index >= 15 is 0 Å². The van der Waals surface area contributed by atoms with E-state index in [1.807, 2.05) is 42.6 Å². The van der Waals surface area contributed by atoms with Crippen LogP contribution in [0, 0.1) is 0 Å². The van der Waals surface area contributed by atoms with Crippen LogP contribution in [0.25, 0.3) is 21.5 Å². The Kier molecular flexibility index (Phi) is 4.21. The first kappa shape index (κ1) is 15.8. The van der Waals surface area contributed by atoms with E-state index in [0.717, 1.165) is 30.8 Å². The monoisotopic (exact) mass is 413 g/mol. The quantitative estimate of drug-likeness (QED) is 0.346. The van der Waals surface area contributed by atoms with Gasteiger partial charge in [0.25, 0.3) is 5.91 Å². The molecule has 0 aliphatic rings. The smallest absolute Gasteiger partial charge is 0.291 e. The predicted octanol–water partition coefficient (Wildman–Crippen LogP) is 4.15. The van der Waals surface area contributed by atoms with Crippen LogP contribution in [0.4, 0.5) is 0 Å². The third-order valence-electron chi connectivity index (χ3n) is 3.64. The van der Waals surface area contributed by atoms with Gasteiger partial charge in [-0.15, -0.1) is 11.3 Å². The van der Waals surface area contributed by atoms with Gasteiger partial charge in [-0.05, 0) is 40.2 Å². The molecular formula is C17H12BrN5OS. The highest BCUT2D eigenvalue weighted by molar-refractivity contribution is 9.11. The summed E-state index contributed by atoms with van der Waals surface area (Å²) in [6, 6.07) is 13.5. The maximum atomic E-state index is 12.2. The second-order valence-electron chi connectivity index (χ2n) is 5.26. The van der Waals surface area contributed by atoms with E-state index < -0.39 is 0 Å². The first-order chi connectivity index (χ1) is 12.2. The lowest BCUT2D eigenvalue weighted by Gasteiger charge is -1.94. The number of nitrogens with one attached hydrogen (secondary N) is 3. The zero-order chi connectivity index (χ0) is 17.2. The van der Waals surface area contributed by atoms with Gasteiger partial charge in [0.1, 0.15) is 0 Å². The summed E-state index contributed by atoms with van der Waals surface area (Å²) in [7, 11) is 0. The molecule has 0 saturated heterocycles. The molecule has 0 saturated carbocycles. The number of halogens is 1. The van der Waals surface area contributed by atoms with Crippen LogP contribution in [0.2, 0.25) is 0 Å². The number of rotatable bonds is 4. The lowest BCUT2D eigenvalue weighted by molar-refractivity contribution is 0.0950. The molecule has 0 aliphatic heterocycles. The molecule has 0 spiro atoms. The zero-order valence-electron chi connectivity index (χ0n) is 12.8. The summed E-state index contributed by atoms with van der Waals surface area (Å²) in [5.41, 5.74) is 5.51. The number of fused-ring (bicyclic) bond motifs is 1. The summed E-state index contributed by atoms with van der Waals surface area (Å²) in [4.78, 5) is 16.3. The van der Waals surface area contributed by atoms with E-state index in [1.165, 1.54) is 0 Å². The summed E-state index contributed by atoms with van der Waals surface area (Å²) in [6.45, 7) is 0. The predicted molar refractivity (Wildman–Crippen MR) is 103 cm³/mol. The van der Waals surface area contributed by atoms with Gasteiger partial charge in [0.15, 0.2) is 5.69 Å². The molecule has 4 aromatic rings. The molecule has 124 valence electrons. The van der Waals surface area contributed by atoms with Crippen molar-refractivity contribution in [3.63, 3.8) is 0 Å². The molecule has 1 aromatic carbocycles. The number of amides is 1. The number of hydrogen-bond donors (Lipinski definition) is 3. The van der Waals surface area contributed by atoms with E-state index in [9.17, 15) is 4.79 Å². The van der Waals surface area contributed by atoms with Crippen LogP contribution in [0.15, 0.2) is 57.5 Å². The number of aromatic amines is 2. The molecule has 3 N–H and O–H groups in total. The molecule has 0 aliphatic carbocycles. The third-order valence-corrected chi connectivity index (χ3v) is 5.30. The average Bonchev–Trinajstić information content (AvgIpc) is 3.34. The van der Waals surface area contributed by atoms with E-state index in [2.05, 4.69) is 41.6 Å². The van der Waals surface area contributed by atoms with Gasteiger partial charge in [-0.1, -0.05) is 18.2 Å². The van der Waals surface area contributed by atoms with Gasteiger partial charge in [0, 0.05) is 22.7 Å². The Labute approximate surface area is 155 Å². The summed E-state index contributed by atoms with van der Waals surface area (Å²) < 4.78 is 1.02. The molecule has 6 nitrogen and oxygen atoms in total. The minimum Gasteiger partial charge on any atom is -0.361 e. The molecule has 8 heteroatoms. The molecule has 0 unspecified atom stereocenters. The Morgan fingerprint density at radius 1 is 1.28 bits per heavy atom. The largest absolute Gasteiger partial charge is 0.361 e. The van der Waals surface area contributed by atoms with E-state index in [4.69, 9.17) is 0 Å². The molecule has 25 heavy (non-hydrogen) atoms. The lowest BCUT2D eigenvalue weighted by atomic mass is 10.2. The Hall–Kier alpha value is -2.71. The molecule has 4 rings (SSSR count). The number of H-pyrrole nitrogens is 2. The van der Waals surface area contributed by atoms with E-state index in [1.54, 1.807) is 23.6 Å². The fourth-order valence-corrected chi connectivity index (χ4v) is 3.79. The van der Waals surface area contributed by atoms with Gasteiger partial charge in [0.05, 0.1) is 20.6 Å². The highest BCUT2D eigenvalue weighted by Gasteiger charge is 2.12. The highest BCUT2D eigenvalue weighted by Crippen LogP contribution is 2.30. The topological polar surface area (TPSA) is 85.9 Å². The Bertz CT molecular complexity index is 1080. The second kappa shape index (κ2) is 6.66. The SMILES string of the molecule is O=C(N/N=C/c1c[nH]c2ccccc12)c1cc(-c2ccc(Br)s2)[nH]n1. The van der Waals surface area contributed by atoms with Gasteiger partial charge in [-0.3, -0.25) is 9.89 Å². The van der Waals surface area contributed by atoms with Crippen molar-refractivity contribution in [3.8, 4) is 10.6 Å². The summed E-state index contributed by atoms with van der Waals surface area (Å²) >= 11 is 4.98. The molecule has 0 fully saturated rings. The Morgan fingerprint density at radius 3 is 3.00 bits per heavy atom. The van der Waals surface area contributed by atoms with Crippen molar-refractivity contribution in [1.82, 2.24) is 20.6 Å². The molecule has 3 heterocycles. The van der Waals surface area contributed by atoms with Crippen LogP contribution in [-0.4, -0.2) is 27.3 Å². The molecule has 1 amide bonds. The van der Waals surface area contributed by atoms with Crippen LogP contribution in [0.3, 0.4) is 0 Å². The minimum atomic E-state index is -0.366. The van der Waals surface area contributed by atoms with Crippen LogP contribution in [0.1, 0.15) is 16.1 Å². The van der Waals surface area contributed by atoms with Crippen molar-refractivity contribution in [1.29, 1.82) is 0 Å². The van der Waals surface area contributed by atoms with Crippen molar-refractivity contribution in [2.75, 3.05) is 0 Å². The number of carbonyl (C=O) groups is 1. The maximum absolute atomic E-state index is 12.2. The van der Waals surface area contributed by atoms with Gasteiger partial charge in [-0.25, -0.2) is 5.43 Å². The van der Waals surface area contributed by atoms with E-state index in [0.29, 0.717) is 0 Å². The van der Waals surface area contributed by atoms with Crippen molar-refractivity contribution < 1.29 is 4.79 Å². The summed E-state index contributed by atoms with van der Waals surface area (Å²) in [6.07, 6.45) is 3.46. The molecule has 0 radical (unpaired) electrons. The number of para-hydroxylation sites is 1. The standard InChI is InChI=1S/C17H12BrN5OS/c18-16-6-5-15(25-16)13-7-14(22-21-13)17(24)23-20-9-10-8-19-12-4-2-1-3-11(10)12/h1-9,19H,(H,21,22)(H,23,24)/b20-9+. The van der Waals surface area contributed by atoms with Crippen molar-refractivity contribution in [2.45, 2.75) is 0 Å². The molecule has 0 bridgehead atoms. The van der Waals surface area contributed by atoms with E-state index in [-0.39, 0.29) is 11.6 Å². The van der Waals surface area contributed by atoms with Gasteiger partial charge >= 0.3 is 0 Å². The van der Waals surface area contributed by atoms with Gasteiger partial charge in [-0.2, -0.15) is 10.2 Å². The number of hydrazone groups is 1. The summed E-state index contributed by atoms with van der Waals surface area (Å²) in [5, 5.41) is 12.0. The zero-order valence-corrected chi connectivity index (χ0v) is 15.2. The number of carbonyl (C=O) groups excluding carboxylic acids is 1. The fourth-order valence-electron chi connectivity index (χ4n) is 2.44. The molecule has 3 aromatic heterocycles. The van der Waals surface area contributed by atoms with Crippen LogP contribution in [-0.2, 0) is 0 Å². The summed E-state index contributed by atoms with van der Waals surface area (Å²) in [5.74, 6) is -0.366. The van der Waals surface area contributed by atoms with Crippen LogP contribution >= 0.6 is 27.3 Å². The first-order valence-electron chi connectivity index (χ1n) is 7.41. The molecular weight excluding hydrogens is 402 g/mol. The van der Waals surface area contributed by atoms with Gasteiger partial charge in [0.2, 0.25) is 0 Å².